The Morgan fingerprint density at radius 1 is 1.23 bits per heavy atom. The standard InChI is InChI=1S/C17H22N2O3/c1-18-15-9-10-19(11-13(15)3-2-4-16(18)21)17(22)12-5-7-14(20)8-6-12/h5-8,13,15,20H,2-4,9-11H2,1H3/t13-,15+/m0/s1. The molecule has 0 unspecified atom stereocenters. The predicted octanol–water partition coefficient (Wildman–Crippen LogP) is 1.87. The van der Waals surface area contributed by atoms with Crippen LogP contribution in [-0.2, 0) is 4.79 Å². The molecule has 5 heteroatoms. The molecule has 1 aromatic rings. The normalized spacial score (nSPS) is 25.6. The first-order valence-corrected chi connectivity index (χ1v) is 7.90. The van der Waals surface area contributed by atoms with Gasteiger partial charge in [0.15, 0.2) is 0 Å². The molecule has 1 aromatic carbocycles. The first-order chi connectivity index (χ1) is 10.6. The van der Waals surface area contributed by atoms with Crippen LogP contribution >= 0.6 is 0 Å². The number of carbonyl (C=O) groups is 2. The maximum Gasteiger partial charge on any atom is 0.253 e. The highest BCUT2D eigenvalue weighted by atomic mass is 16.3. The maximum absolute atomic E-state index is 12.6. The number of fused-ring (bicyclic) bond motifs is 1. The van der Waals surface area contributed by atoms with Gasteiger partial charge in [-0.05, 0) is 49.4 Å². The summed E-state index contributed by atoms with van der Waals surface area (Å²) in [5.41, 5.74) is 0.606. The van der Waals surface area contributed by atoms with Crippen molar-refractivity contribution in [2.45, 2.75) is 31.7 Å². The van der Waals surface area contributed by atoms with Gasteiger partial charge in [0.1, 0.15) is 5.75 Å². The van der Waals surface area contributed by atoms with Crippen LogP contribution in [0.1, 0.15) is 36.0 Å². The molecule has 22 heavy (non-hydrogen) atoms. The van der Waals surface area contributed by atoms with E-state index in [4.69, 9.17) is 0 Å². The summed E-state index contributed by atoms with van der Waals surface area (Å²) in [6.07, 6.45) is 3.37. The first-order valence-electron chi connectivity index (χ1n) is 7.90. The highest BCUT2D eigenvalue weighted by Crippen LogP contribution is 2.30. The highest BCUT2D eigenvalue weighted by Gasteiger charge is 2.37. The van der Waals surface area contributed by atoms with Gasteiger partial charge in [0.05, 0.1) is 0 Å². The molecule has 2 aliphatic heterocycles. The van der Waals surface area contributed by atoms with Crippen molar-refractivity contribution in [2.75, 3.05) is 20.1 Å². The second-order valence-corrected chi connectivity index (χ2v) is 6.31. The number of phenolic OH excluding ortho intramolecular Hbond substituents is 1. The van der Waals surface area contributed by atoms with Gasteiger partial charge in [0, 0.05) is 38.2 Å². The van der Waals surface area contributed by atoms with Gasteiger partial charge in [0.25, 0.3) is 5.91 Å². The molecule has 2 heterocycles. The van der Waals surface area contributed by atoms with Crippen molar-refractivity contribution in [1.29, 1.82) is 0 Å². The van der Waals surface area contributed by atoms with Crippen molar-refractivity contribution < 1.29 is 14.7 Å². The summed E-state index contributed by atoms with van der Waals surface area (Å²) in [5, 5.41) is 9.33. The van der Waals surface area contributed by atoms with E-state index in [2.05, 4.69) is 0 Å². The van der Waals surface area contributed by atoms with Crippen LogP contribution in [0, 0.1) is 5.92 Å². The Balaban J connectivity index is 1.72. The Morgan fingerprint density at radius 2 is 1.95 bits per heavy atom. The fraction of sp³-hybridized carbons (Fsp3) is 0.529. The van der Waals surface area contributed by atoms with Crippen molar-refractivity contribution in [3.63, 3.8) is 0 Å². The van der Waals surface area contributed by atoms with Crippen molar-refractivity contribution >= 4 is 11.8 Å². The average Bonchev–Trinajstić information content (AvgIpc) is 2.67. The van der Waals surface area contributed by atoms with Crippen molar-refractivity contribution in [1.82, 2.24) is 9.80 Å². The molecule has 0 aromatic heterocycles. The molecule has 0 spiro atoms. The Morgan fingerprint density at radius 3 is 2.68 bits per heavy atom. The maximum atomic E-state index is 12.6. The van der Waals surface area contributed by atoms with E-state index in [9.17, 15) is 14.7 Å². The van der Waals surface area contributed by atoms with E-state index in [1.165, 1.54) is 12.1 Å². The third-order valence-electron chi connectivity index (χ3n) is 4.95. The van der Waals surface area contributed by atoms with Gasteiger partial charge < -0.3 is 14.9 Å². The molecule has 2 fully saturated rings. The van der Waals surface area contributed by atoms with Crippen LogP contribution in [-0.4, -0.2) is 52.9 Å². The third kappa shape index (κ3) is 2.80. The number of hydrogen-bond acceptors (Lipinski definition) is 3. The Hall–Kier alpha value is -2.04. The van der Waals surface area contributed by atoms with Crippen LogP contribution in [0.15, 0.2) is 24.3 Å². The smallest absolute Gasteiger partial charge is 0.253 e. The quantitative estimate of drug-likeness (QED) is 0.861. The van der Waals surface area contributed by atoms with E-state index in [0.717, 1.165) is 19.3 Å². The van der Waals surface area contributed by atoms with E-state index in [-0.39, 0.29) is 23.6 Å². The van der Waals surface area contributed by atoms with Crippen molar-refractivity contribution in [3.8, 4) is 5.75 Å². The first kappa shape index (κ1) is 14.9. The summed E-state index contributed by atoms with van der Waals surface area (Å²) >= 11 is 0. The van der Waals surface area contributed by atoms with Crippen molar-refractivity contribution in [3.05, 3.63) is 29.8 Å². The molecule has 2 aliphatic rings. The zero-order valence-corrected chi connectivity index (χ0v) is 12.9. The lowest BCUT2D eigenvalue weighted by Crippen LogP contribution is -2.51. The number of nitrogens with zero attached hydrogens (tertiary/aromatic N) is 2. The van der Waals surface area contributed by atoms with Crippen molar-refractivity contribution in [2.24, 2.45) is 5.92 Å². The van der Waals surface area contributed by atoms with Crippen LogP contribution in [0.4, 0.5) is 0 Å². The van der Waals surface area contributed by atoms with E-state index < -0.39 is 0 Å². The fourth-order valence-corrected chi connectivity index (χ4v) is 3.66. The minimum atomic E-state index is 0.0108. The van der Waals surface area contributed by atoms with E-state index in [0.29, 0.717) is 31.0 Å². The fourth-order valence-electron chi connectivity index (χ4n) is 3.66. The summed E-state index contributed by atoms with van der Waals surface area (Å²) in [5.74, 6) is 0.771. The highest BCUT2D eigenvalue weighted by molar-refractivity contribution is 5.94. The van der Waals surface area contributed by atoms with Gasteiger partial charge in [-0.2, -0.15) is 0 Å². The molecule has 5 nitrogen and oxygen atoms in total. The number of benzene rings is 1. The molecule has 3 rings (SSSR count). The average molecular weight is 302 g/mol. The second kappa shape index (κ2) is 5.99. The topological polar surface area (TPSA) is 60.9 Å². The molecule has 2 saturated heterocycles. The number of carbonyl (C=O) groups excluding carboxylic acids is 2. The molecule has 0 bridgehead atoms. The summed E-state index contributed by atoms with van der Waals surface area (Å²) in [6.45, 7) is 1.39. The van der Waals surface area contributed by atoms with Crippen LogP contribution in [0.2, 0.25) is 0 Å². The van der Waals surface area contributed by atoms with E-state index in [1.54, 1.807) is 12.1 Å². The largest absolute Gasteiger partial charge is 0.508 e. The Bertz CT molecular complexity index is 570. The lowest BCUT2D eigenvalue weighted by Gasteiger charge is -2.41. The number of hydrogen-bond donors (Lipinski definition) is 1. The minimum Gasteiger partial charge on any atom is -0.508 e. The molecule has 2 amide bonds. The number of aromatic hydroxyl groups is 1. The SMILES string of the molecule is CN1C(=O)CCC[C@H]2CN(C(=O)c3ccc(O)cc3)CC[C@H]21. The molecule has 118 valence electrons. The van der Waals surface area contributed by atoms with Gasteiger partial charge in [-0.3, -0.25) is 9.59 Å². The lowest BCUT2D eigenvalue weighted by atomic mass is 9.88. The summed E-state index contributed by atoms with van der Waals surface area (Å²) in [7, 11) is 1.89. The predicted molar refractivity (Wildman–Crippen MR) is 82.5 cm³/mol. The molecule has 0 radical (unpaired) electrons. The van der Waals surface area contributed by atoms with Crippen LogP contribution in [0.25, 0.3) is 0 Å². The molecular formula is C17H22N2O3. The molecule has 1 N–H and O–H groups in total. The van der Waals surface area contributed by atoms with Crippen LogP contribution in [0.5, 0.6) is 5.75 Å². The molecule has 2 atom stereocenters. The van der Waals surface area contributed by atoms with Gasteiger partial charge in [0.2, 0.25) is 5.91 Å². The second-order valence-electron chi connectivity index (χ2n) is 6.31. The monoisotopic (exact) mass is 302 g/mol. The van der Waals surface area contributed by atoms with Gasteiger partial charge in [-0.15, -0.1) is 0 Å². The van der Waals surface area contributed by atoms with Crippen LogP contribution < -0.4 is 0 Å². The molecule has 0 saturated carbocycles. The number of amides is 2. The van der Waals surface area contributed by atoms with E-state index >= 15 is 0 Å². The zero-order chi connectivity index (χ0) is 15.7. The molecular weight excluding hydrogens is 280 g/mol. The number of likely N-dealkylation sites (tertiary alicyclic amines) is 2. The summed E-state index contributed by atoms with van der Waals surface area (Å²) < 4.78 is 0. The summed E-state index contributed by atoms with van der Waals surface area (Å²) in [6, 6.07) is 6.66. The number of phenols is 1. The van der Waals surface area contributed by atoms with Gasteiger partial charge in [-0.1, -0.05) is 0 Å². The van der Waals surface area contributed by atoms with E-state index in [1.807, 2.05) is 16.8 Å². The summed E-state index contributed by atoms with van der Waals surface area (Å²) in [4.78, 5) is 28.3. The minimum absolute atomic E-state index is 0.0108. The van der Waals surface area contributed by atoms with Gasteiger partial charge >= 0.3 is 0 Å². The zero-order valence-electron chi connectivity index (χ0n) is 12.9. The van der Waals surface area contributed by atoms with Gasteiger partial charge in [-0.25, -0.2) is 0 Å². The lowest BCUT2D eigenvalue weighted by molar-refractivity contribution is -0.132. The number of rotatable bonds is 1. The Kier molecular flexibility index (Phi) is 4.05. The Labute approximate surface area is 130 Å². The third-order valence-corrected chi connectivity index (χ3v) is 4.95. The van der Waals surface area contributed by atoms with Crippen LogP contribution in [0.3, 0.4) is 0 Å². The number of piperidine rings is 1. The molecule has 0 aliphatic carbocycles.